The van der Waals surface area contributed by atoms with Crippen molar-refractivity contribution in [1.29, 1.82) is 0 Å². The van der Waals surface area contributed by atoms with Crippen LogP contribution in [0.4, 0.5) is 0 Å². The molecule has 196 valence electrons. The lowest BCUT2D eigenvalue weighted by Crippen LogP contribution is -2.31. The van der Waals surface area contributed by atoms with Gasteiger partial charge in [0, 0.05) is 28.0 Å². The van der Waals surface area contributed by atoms with E-state index in [2.05, 4.69) is 0 Å². The number of rotatable bonds is 2. The van der Waals surface area contributed by atoms with Crippen molar-refractivity contribution in [2.24, 2.45) is 0 Å². The summed E-state index contributed by atoms with van der Waals surface area (Å²) in [5.74, 6) is -2.51. The van der Waals surface area contributed by atoms with E-state index in [1.807, 2.05) is 0 Å². The van der Waals surface area contributed by atoms with Gasteiger partial charge in [-0.05, 0) is 47.2 Å². The molecule has 0 bridgehead atoms. The zero-order valence-electron chi connectivity index (χ0n) is 20.5. The van der Waals surface area contributed by atoms with Crippen LogP contribution in [-0.2, 0) is 5.41 Å². The highest BCUT2D eigenvalue weighted by molar-refractivity contribution is 6.40. The number of fused-ring (bicyclic) bond motifs is 3. The van der Waals surface area contributed by atoms with Gasteiger partial charge in [0.05, 0.1) is 28.3 Å². The SMILES string of the molecule is COc1cc(O)c(Cl)c(C)c1-c1cc(O)cc2cc3c(c(O)c12)C(=O)c1c(O)c(Cl)c(O)c(Cl)c1C3(C)C. The Labute approximate surface area is 232 Å². The lowest BCUT2D eigenvalue weighted by atomic mass is 9.67. The van der Waals surface area contributed by atoms with Crippen molar-refractivity contribution in [3.8, 4) is 45.6 Å². The van der Waals surface area contributed by atoms with Crippen LogP contribution in [0.1, 0.15) is 46.5 Å². The molecule has 10 heteroatoms. The summed E-state index contributed by atoms with van der Waals surface area (Å²) in [6.45, 7) is 5.08. The number of ether oxygens (including phenoxy) is 1. The number of hydrogen-bond acceptors (Lipinski definition) is 7. The Balaban J connectivity index is 1.96. The summed E-state index contributed by atoms with van der Waals surface area (Å²) in [6.07, 6.45) is 0. The molecule has 1 aliphatic rings. The molecule has 1 aliphatic carbocycles. The molecular weight excluding hydrogens is 555 g/mol. The quantitative estimate of drug-likeness (QED) is 0.171. The molecule has 0 spiro atoms. The van der Waals surface area contributed by atoms with E-state index in [1.54, 1.807) is 26.8 Å². The highest BCUT2D eigenvalue weighted by atomic mass is 35.5. The van der Waals surface area contributed by atoms with Crippen LogP contribution in [0, 0.1) is 6.92 Å². The van der Waals surface area contributed by atoms with Gasteiger partial charge < -0.3 is 30.3 Å². The van der Waals surface area contributed by atoms with Crippen LogP contribution >= 0.6 is 34.8 Å². The number of carbonyl (C=O) groups excluding carboxylic acids is 1. The first-order valence-electron chi connectivity index (χ1n) is 11.3. The molecule has 0 aliphatic heterocycles. The van der Waals surface area contributed by atoms with Gasteiger partial charge >= 0.3 is 0 Å². The van der Waals surface area contributed by atoms with Crippen molar-refractivity contribution in [2.75, 3.05) is 7.11 Å². The number of aromatic hydroxyl groups is 5. The van der Waals surface area contributed by atoms with Gasteiger partial charge in [-0.25, -0.2) is 0 Å². The van der Waals surface area contributed by atoms with Crippen molar-refractivity contribution in [2.45, 2.75) is 26.2 Å². The minimum atomic E-state index is -1.10. The van der Waals surface area contributed by atoms with Gasteiger partial charge in [0.25, 0.3) is 0 Å². The minimum absolute atomic E-state index is 0.0508. The second kappa shape index (κ2) is 8.50. The number of phenols is 5. The number of hydrogen-bond donors (Lipinski definition) is 5. The van der Waals surface area contributed by atoms with E-state index in [1.165, 1.54) is 25.3 Å². The summed E-state index contributed by atoms with van der Waals surface area (Å²) in [7, 11) is 1.40. The van der Waals surface area contributed by atoms with Crippen LogP contribution in [0.15, 0.2) is 24.3 Å². The van der Waals surface area contributed by atoms with Crippen molar-refractivity contribution in [3.05, 3.63) is 67.2 Å². The summed E-state index contributed by atoms with van der Waals surface area (Å²) >= 11 is 18.8. The van der Waals surface area contributed by atoms with Crippen LogP contribution in [0.5, 0.6) is 34.5 Å². The zero-order chi connectivity index (χ0) is 28.0. The Hall–Kier alpha value is -3.52. The highest BCUT2D eigenvalue weighted by Crippen LogP contribution is 2.56. The molecule has 0 atom stereocenters. The monoisotopic (exact) mass is 574 g/mol. The molecular formula is C28H21Cl3O7. The number of ketones is 1. The molecule has 0 fully saturated rings. The maximum Gasteiger partial charge on any atom is 0.201 e. The molecule has 5 N–H and O–H groups in total. The zero-order valence-corrected chi connectivity index (χ0v) is 22.8. The van der Waals surface area contributed by atoms with Gasteiger partial charge in [0.1, 0.15) is 33.8 Å². The normalized spacial score (nSPS) is 13.9. The molecule has 0 saturated heterocycles. The van der Waals surface area contributed by atoms with Crippen LogP contribution in [0.25, 0.3) is 21.9 Å². The lowest BCUT2D eigenvalue weighted by Gasteiger charge is -2.36. The Morgan fingerprint density at radius 2 is 1.45 bits per heavy atom. The first-order chi connectivity index (χ1) is 17.7. The molecule has 4 aromatic rings. The maximum atomic E-state index is 13.9. The fourth-order valence-corrected chi connectivity index (χ4v) is 6.21. The largest absolute Gasteiger partial charge is 0.508 e. The van der Waals surface area contributed by atoms with E-state index in [0.717, 1.165) is 0 Å². The van der Waals surface area contributed by atoms with E-state index in [0.29, 0.717) is 27.6 Å². The average molecular weight is 576 g/mol. The molecule has 0 unspecified atom stereocenters. The smallest absolute Gasteiger partial charge is 0.201 e. The fraction of sp³-hybridized carbons (Fsp3) is 0.179. The standard InChI is InChI=1S/C28H21Cl3O7/c1-9-16(15(38-4)8-14(33)21(9)29)12-7-11(32)5-10-6-13-18(24(34)17(10)12)25(35)19-20(28(13,2)3)22(30)27(37)23(31)26(19)36/h5-8,32-34,36-37H,1-4H3. The predicted molar refractivity (Wildman–Crippen MR) is 146 cm³/mol. The van der Waals surface area contributed by atoms with Crippen molar-refractivity contribution >= 4 is 51.4 Å². The molecule has 0 radical (unpaired) electrons. The minimum Gasteiger partial charge on any atom is -0.508 e. The number of benzene rings is 4. The van der Waals surface area contributed by atoms with E-state index >= 15 is 0 Å². The summed E-state index contributed by atoms with van der Waals surface area (Å²) in [6, 6.07) is 5.77. The number of carbonyl (C=O) groups is 1. The Morgan fingerprint density at radius 1 is 0.789 bits per heavy atom. The molecule has 4 aromatic carbocycles. The van der Waals surface area contributed by atoms with Crippen LogP contribution in [-0.4, -0.2) is 38.4 Å². The second-order valence-corrected chi connectivity index (χ2v) is 10.8. The molecule has 7 nitrogen and oxygen atoms in total. The summed E-state index contributed by atoms with van der Waals surface area (Å²) in [5, 5.41) is 53.7. The van der Waals surface area contributed by atoms with Gasteiger partial charge in [0.15, 0.2) is 5.75 Å². The topological polar surface area (TPSA) is 127 Å². The molecule has 0 aromatic heterocycles. The van der Waals surface area contributed by atoms with Gasteiger partial charge in [-0.2, -0.15) is 0 Å². The van der Waals surface area contributed by atoms with Crippen molar-refractivity contribution < 1.29 is 35.1 Å². The summed E-state index contributed by atoms with van der Waals surface area (Å²) in [4.78, 5) is 13.9. The van der Waals surface area contributed by atoms with E-state index in [4.69, 9.17) is 39.5 Å². The van der Waals surface area contributed by atoms with Crippen LogP contribution in [0.3, 0.4) is 0 Å². The summed E-state index contributed by atoms with van der Waals surface area (Å²) < 4.78 is 5.48. The third-order valence-electron chi connectivity index (χ3n) is 7.21. The maximum absolute atomic E-state index is 13.9. The van der Waals surface area contributed by atoms with Gasteiger partial charge in [0.2, 0.25) is 5.78 Å². The number of methoxy groups -OCH3 is 1. The first kappa shape index (κ1) is 26.1. The Kier molecular flexibility index (Phi) is 5.84. The average Bonchev–Trinajstić information content (AvgIpc) is 2.85. The molecule has 38 heavy (non-hydrogen) atoms. The molecule has 0 amide bonds. The van der Waals surface area contributed by atoms with E-state index in [9.17, 15) is 30.3 Å². The molecule has 0 heterocycles. The van der Waals surface area contributed by atoms with Gasteiger partial charge in [-0.1, -0.05) is 48.7 Å². The van der Waals surface area contributed by atoms with Crippen molar-refractivity contribution in [3.63, 3.8) is 0 Å². The Morgan fingerprint density at radius 3 is 2.08 bits per heavy atom. The first-order valence-corrected chi connectivity index (χ1v) is 12.4. The van der Waals surface area contributed by atoms with Crippen molar-refractivity contribution in [1.82, 2.24) is 0 Å². The van der Waals surface area contributed by atoms with E-state index in [-0.39, 0.29) is 49.4 Å². The second-order valence-electron chi connectivity index (χ2n) is 9.68. The number of halogens is 3. The molecule has 5 rings (SSSR count). The van der Waals surface area contributed by atoms with Crippen LogP contribution < -0.4 is 4.74 Å². The third kappa shape index (κ3) is 3.32. The Bertz CT molecular complexity index is 1740. The highest BCUT2D eigenvalue weighted by Gasteiger charge is 2.44. The van der Waals surface area contributed by atoms with Crippen LogP contribution in [0.2, 0.25) is 15.1 Å². The fourth-order valence-electron chi connectivity index (χ4n) is 5.40. The van der Waals surface area contributed by atoms with Gasteiger partial charge in [-0.3, -0.25) is 4.79 Å². The lowest BCUT2D eigenvalue weighted by molar-refractivity contribution is 0.102. The van der Waals surface area contributed by atoms with E-state index < -0.39 is 33.5 Å². The molecule has 0 saturated carbocycles. The summed E-state index contributed by atoms with van der Waals surface area (Å²) in [5.41, 5.74) is 0.166. The third-order valence-corrected chi connectivity index (χ3v) is 8.41. The van der Waals surface area contributed by atoms with Gasteiger partial charge in [-0.15, -0.1) is 0 Å². The predicted octanol–water partition coefficient (Wildman–Crippen LogP) is 7.18. The number of phenolic OH excluding ortho intramolecular Hbond substituents is 5.